The Morgan fingerprint density at radius 2 is 1.83 bits per heavy atom. The van der Waals surface area contributed by atoms with E-state index in [0.717, 1.165) is 11.6 Å². The fourth-order valence-electron chi connectivity index (χ4n) is 2.04. The average Bonchev–Trinajstić information content (AvgIpc) is 2.55. The first-order chi connectivity index (χ1) is 10.9. The second-order valence-electron chi connectivity index (χ2n) is 4.81. The average molecular weight is 335 g/mol. The normalized spacial score (nSPS) is 11.3. The lowest BCUT2D eigenvalue weighted by molar-refractivity contribution is 0.0696. The summed E-state index contributed by atoms with van der Waals surface area (Å²) in [7, 11) is -2.35. The highest BCUT2D eigenvalue weighted by Crippen LogP contribution is 2.24. The Balaban J connectivity index is 2.48. The van der Waals surface area contributed by atoms with Gasteiger partial charge in [0.1, 0.15) is 0 Å². The first-order valence-corrected chi connectivity index (χ1v) is 8.35. The van der Waals surface area contributed by atoms with Gasteiger partial charge in [-0.25, -0.2) is 17.9 Å². The molecule has 0 aliphatic carbocycles. The standard InChI is InChI=1S/C16H17NO5S/c1-22-8-7-17-23(20,21)15-10-13(9-14(11-15)16(18)19)12-5-3-2-4-6-12/h2-6,9-11,17H,7-8H2,1H3,(H,18,19). The molecule has 2 N–H and O–H groups in total. The second kappa shape index (κ2) is 7.36. The number of nitrogens with one attached hydrogen (secondary N) is 1. The Morgan fingerprint density at radius 3 is 2.43 bits per heavy atom. The monoisotopic (exact) mass is 335 g/mol. The van der Waals surface area contributed by atoms with E-state index in [0.29, 0.717) is 5.56 Å². The minimum absolute atomic E-state index is 0.0848. The zero-order chi connectivity index (χ0) is 16.9. The number of benzene rings is 2. The molecule has 7 heteroatoms. The molecule has 0 amide bonds. The first kappa shape index (κ1) is 17.1. The van der Waals surface area contributed by atoms with Gasteiger partial charge in [0.2, 0.25) is 10.0 Å². The van der Waals surface area contributed by atoms with Gasteiger partial charge < -0.3 is 9.84 Å². The molecule has 6 nitrogen and oxygen atoms in total. The van der Waals surface area contributed by atoms with Crippen LogP contribution in [0.2, 0.25) is 0 Å². The molecule has 0 bridgehead atoms. The maximum Gasteiger partial charge on any atom is 0.335 e. The quantitative estimate of drug-likeness (QED) is 0.755. The molecule has 122 valence electrons. The van der Waals surface area contributed by atoms with Crippen LogP contribution in [0.25, 0.3) is 11.1 Å². The number of carbonyl (C=O) groups is 1. The molecule has 0 heterocycles. The van der Waals surface area contributed by atoms with Gasteiger partial charge in [0.05, 0.1) is 17.1 Å². The summed E-state index contributed by atoms with van der Waals surface area (Å²) < 4.78 is 31.8. The van der Waals surface area contributed by atoms with Crippen LogP contribution in [-0.2, 0) is 14.8 Å². The van der Waals surface area contributed by atoms with E-state index in [9.17, 15) is 18.3 Å². The number of methoxy groups -OCH3 is 1. The fourth-order valence-corrected chi connectivity index (χ4v) is 3.12. The predicted octanol–water partition coefficient (Wildman–Crippen LogP) is 1.98. The molecule has 0 fully saturated rings. The van der Waals surface area contributed by atoms with Gasteiger partial charge in [0, 0.05) is 13.7 Å². The predicted molar refractivity (Wildman–Crippen MR) is 85.9 cm³/mol. The van der Waals surface area contributed by atoms with Gasteiger partial charge in [-0.05, 0) is 29.3 Å². The van der Waals surface area contributed by atoms with Crippen molar-refractivity contribution in [3.63, 3.8) is 0 Å². The van der Waals surface area contributed by atoms with E-state index in [4.69, 9.17) is 4.74 Å². The number of carboxylic acid groups (broad SMARTS) is 1. The second-order valence-corrected chi connectivity index (χ2v) is 6.57. The van der Waals surface area contributed by atoms with Crippen molar-refractivity contribution in [2.45, 2.75) is 4.90 Å². The van der Waals surface area contributed by atoms with Crippen molar-refractivity contribution in [3.8, 4) is 11.1 Å². The number of carboxylic acids is 1. The van der Waals surface area contributed by atoms with Gasteiger partial charge in [0.15, 0.2) is 0 Å². The van der Waals surface area contributed by atoms with Crippen LogP contribution < -0.4 is 4.72 Å². The summed E-state index contributed by atoms with van der Waals surface area (Å²) in [4.78, 5) is 11.2. The van der Waals surface area contributed by atoms with Crippen LogP contribution in [0.15, 0.2) is 53.4 Å². The number of aromatic carboxylic acids is 1. The third-order valence-electron chi connectivity index (χ3n) is 3.17. The van der Waals surface area contributed by atoms with Crippen molar-refractivity contribution in [1.29, 1.82) is 0 Å². The molecule has 0 saturated carbocycles. The van der Waals surface area contributed by atoms with Crippen molar-refractivity contribution in [3.05, 3.63) is 54.1 Å². The molecule has 23 heavy (non-hydrogen) atoms. The van der Waals surface area contributed by atoms with Crippen LogP contribution in [0.1, 0.15) is 10.4 Å². The minimum atomic E-state index is -3.81. The molecule has 0 saturated heterocycles. The highest BCUT2D eigenvalue weighted by atomic mass is 32.2. The van der Waals surface area contributed by atoms with E-state index < -0.39 is 16.0 Å². The summed E-state index contributed by atoms with van der Waals surface area (Å²) in [6, 6.07) is 13.0. The molecule has 2 aromatic carbocycles. The highest BCUT2D eigenvalue weighted by molar-refractivity contribution is 7.89. The summed E-state index contributed by atoms with van der Waals surface area (Å²) in [5.41, 5.74) is 1.18. The van der Waals surface area contributed by atoms with Crippen LogP contribution in [0.3, 0.4) is 0 Å². The summed E-state index contributed by atoms with van der Waals surface area (Å²) in [5, 5.41) is 9.23. The van der Waals surface area contributed by atoms with Crippen molar-refractivity contribution in [2.24, 2.45) is 0 Å². The van der Waals surface area contributed by atoms with Crippen LogP contribution in [-0.4, -0.2) is 39.8 Å². The van der Waals surface area contributed by atoms with E-state index >= 15 is 0 Å². The molecule has 0 radical (unpaired) electrons. The zero-order valence-electron chi connectivity index (χ0n) is 12.5. The largest absolute Gasteiger partial charge is 0.478 e. The Kier molecular flexibility index (Phi) is 5.49. The lowest BCUT2D eigenvalue weighted by atomic mass is 10.0. The third-order valence-corrected chi connectivity index (χ3v) is 4.61. The van der Waals surface area contributed by atoms with E-state index in [2.05, 4.69) is 4.72 Å². The summed E-state index contributed by atoms with van der Waals surface area (Å²) in [6.45, 7) is 0.334. The van der Waals surface area contributed by atoms with Gasteiger partial charge in [-0.3, -0.25) is 0 Å². The Hall–Kier alpha value is -2.22. The topological polar surface area (TPSA) is 92.7 Å². The summed E-state index contributed by atoms with van der Waals surface area (Å²) >= 11 is 0. The smallest absolute Gasteiger partial charge is 0.335 e. The highest BCUT2D eigenvalue weighted by Gasteiger charge is 2.18. The molecule has 2 rings (SSSR count). The van der Waals surface area contributed by atoms with Crippen LogP contribution >= 0.6 is 0 Å². The summed E-state index contributed by atoms with van der Waals surface area (Å²) in [6.07, 6.45) is 0. The fraction of sp³-hybridized carbons (Fsp3) is 0.188. The molecule has 0 atom stereocenters. The van der Waals surface area contributed by atoms with Gasteiger partial charge >= 0.3 is 5.97 Å². The Morgan fingerprint density at radius 1 is 1.13 bits per heavy atom. The lowest BCUT2D eigenvalue weighted by Crippen LogP contribution is -2.27. The summed E-state index contributed by atoms with van der Waals surface area (Å²) in [5.74, 6) is -1.18. The van der Waals surface area contributed by atoms with Crippen molar-refractivity contribution in [1.82, 2.24) is 4.72 Å². The number of rotatable bonds is 7. The molecule has 0 unspecified atom stereocenters. The molecule has 0 aliphatic rings. The molecule has 0 spiro atoms. The van der Waals surface area contributed by atoms with Crippen molar-refractivity contribution >= 4 is 16.0 Å². The van der Waals surface area contributed by atoms with Crippen molar-refractivity contribution < 1.29 is 23.1 Å². The van der Waals surface area contributed by atoms with E-state index in [-0.39, 0.29) is 23.6 Å². The van der Waals surface area contributed by atoms with Crippen molar-refractivity contribution in [2.75, 3.05) is 20.3 Å². The SMILES string of the molecule is COCCNS(=O)(=O)c1cc(C(=O)O)cc(-c2ccccc2)c1. The van der Waals surface area contributed by atoms with Gasteiger partial charge in [-0.1, -0.05) is 30.3 Å². The molecular formula is C16H17NO5S. The number of hydrogen-bond donors (Lipinski definition) is 2. The van der Waals surface area contributed by atoms with E-state index in [1.54, 1.807) is 24.3 Å². The van der Waals surface area contributed by atoms with E-state index in [1.807, 2.05) is 6.07 Å². The Bertz CT molecular complexity index is 787. The lowest BCUT2D eigenvalue weighted by Gasteiger charge is -2.10. The molecular weight excluding hydrogens is 318 g/mol. The Labute approximate surface area is 134 Å². The van der Waals surface area contributed by atoms with Crippen LogP contribution in [0.5, 0.6) is 0 Å². The maximum atomic E-state index is 12.3. The molecule has 0 aliphatic heterocycles. The third kappa shape index (κ3) is 4.38. The maximum absolute atomic E-state index is 12.3. The van der Waals surface area contributed by atoms with Gasteiger partial charge in [-0.2, -0.15) is 0 Å². The zero-order valence-corrected chi connectivity index (χ0v) is 13.3. The molecule has 2 aromatic rings. The number of sulfonamides is 1. The van der Waals surface area contributed by atoms with Gasteiger partial charge in [0.25, 0.3) is 0 Å². The number of hydrogen-bond acceptors (Lipinski definition) is 4. The molecule has 0 aromatic heterocycles. The first-order valence-electron chi connectivity index (χ1n) is 6.86. The minimum Gasteiger partial charge on any atom is -0.478 e. The van der Waals surface area contributed by atoms with Crippen LogP contribution in [0, 0.1) is 0 Å². The number of ether oxygens (including phenoxy) is 1. The van der Waals surface area contributed by atoms with Crippen LogP contribution in [0.4, 0.5) is 0 Å². The van der Waals surface area contributed by atoms with Gasteiger partial charge in [-0.15, -0.1) is 0 Å². The van der Waals surface area contributed by atoms with E-state index in [1.165, 1.54) is 19.2 Å².